The molecular weight excluding hydrogens is 376 g/mol. The van der Waals surface area contributed by atoms with Crippen molar-refractivity contribution in [2.24, 2.45) is 0 Å². The van der Waals surface area contributed by atoms with Crippen LogP contribution in [-0.2, 0) is 9.47 Å². The number of rotatable bonds is 5. The Morgan fingerprint density at radius 1 is 0.600 bits per heavy atom. The monoisotopic (exact) mass is 398 g/mol. The van der Waals surface area contributed by atoms with Crippen molar-refractivity contribution < 1.29 is 19.7 Å². The molecule has 0 unspecified atom stereocenters. The van der Waals surface area contributed by atoms with Crippen LogP contribution in [0.2, 0.25) is 0 Å². The van der Waals surface area contributed by atoms with Crippen LogP contribution in [-0.4, -0.2) is 35.6 Å². The van der Waals surface area contributed by atoms with Gasteiger partial charge in [-0.3, -0.25) is 0 Å². The topological polar surface area (TPSA) is 65.5 Å². The molecule has 4 atom stereocenters. The second-order valence-electron chi connectivity index (χ2n) is 8.14. The number of aliphatic hydroxyl groups is 2. The Balaban J connectivity index is 1.73. The van der Waals surface area contributed by atoms with E-state index >= 15 is 0 Å². The number of ether oxygens (including phenoxy) is 2. The Bertz CT molecular complexity index is 1160. The van der Waals surface area contributed by atoms with Gasteiger partial charge in [0.25, 0.3) is 0 Å². The Kier molecular flexibility index (Phi) is 4.15. The van der Waals surface area contributed by atoms with Crippen molar-refractivity contribution in [3.8, 4) is 11.1 Å². The number of epoxide rings is 2. The minimum atomic E-state index is -0.717. The fourth-order valence-electron chi connectivity index (χ4n) is 4.50. The van der Waals surface area contributed by atoms with E-state index in [1.54, 1.807) is 0 Å². The van der Waals surface area contributed by atoms with Crippen molar-refractivity contribution in [3.05, 3.63) is 83.9 Å². The van der Waals surface area contributed by atoms with Gasteiger partial charge in [0, 0.05) is 0 Å². The van der Waals surface area contributed by atoms with Gasteiger partial charge in [0.2, 0.25) is 0 Å². The van der Waals surface area contributed by atoms with Gasteiger partial charge in [0.15, 0.2) is 0 Å². The minimum Gasteiger partial charge on any atom is -0.386 e. The van der Waals surface area contributed by atoms with Gasteiger partial charge in [-0.2, -0.15) is 0 Å². The molecule has 150 valence electrons. The fraction of sp³-hybridized carbons (Fsp3) is 0.231. The summed E-state index contributed by atoms with van der Waals surface area (Å²) in [7, 11) is 0. The van der Waals surface area contributed by atoms with E-state index in [-0.39, 0.29) is 12.2 Å². The third-order valence-corrected chi connectivity index (χ3v) is 6.23. The maximum Gasteiger partial charge on any atom is 0.111 e. The molecule has 2 heterocycles. The highest BCUT2D eigenvalue weighted by Crippen LogP contribution is 2.45. The summed E-state index contributed by atoms with van der Waals surface area (Å²) in [6.07, 6.45) is -1.79. The first-order valence-electron chi connectivity index (χ1n) is 10.4. The molecule has 4 aromatic rings. The normalized spacial score (nSPS) is 22.2. The quantitative estimate of drug-likeness (QED) is 0.485. The molecule has 0 radical (unpaired) electrons. The van der Waals surface area contributed by atoms with Crippen LogP contribution in [0.5, 0.6) is 0 Å². The predicted molar refractivity (Wildman–Crippen MR) is 116 cm³/mol. The molecule has 2 N–H and O–H groups in total. The summed E-state index contributed by atoms with van der Waals surface area (Å²) < 4.78 is 10.8. The summed E-state index contributed by atoms with van der Waals surface area (Å²) in [5.41, 5.74) is 3.58. The smallest absolute Gasteiger partial charge is 0.111 e. The molecule has 2 saturated heterocycles. The molecule has 2 fully saturated rings. The summed E-state index contributed by atoms with van der Waals surface area (Å²) in [6, 6.07) is 24.5. The lowest BCUT2D eigenvalue weighted by atomic mass is 9.83. The number of hydrogen-bond acceptors (Lipinski definition) is 4. The van der Waals surface area contributed by atoms with E-state index in [1.807, 2.05) is 48.5 Å². The summed E-state index contributed by atoms with van der Waals surface area (Å²) in [6.45, 7) is 1.13. The van der Waals surface area contributed by atoms with Gasteiger partial charge < -0.3 is 19.7 Å². The second-order valence-corrected chi connectivity index (χ2v) is 8.14. The lowest BCUT2D eigenvalue weighted by Gasteiger charge is -2.23. The molecular formula is C26H22O4. The van der Waals surface area contributed by atoms with Crippen molar-refractivity contribution in [1.29, 1.82) is 0 Å². The van der Waals surface area contributed by atoms with Gasteiger partial charge in [0.05, 0.1) is 13.2 Å². The van der Waals surface area contributed by atoms with Gasteiger partial charge in [-0.15, -0.1) is 0 Å². The lowest BCUT2D eigenvalue weighted by molar-refractivity contribution is 0.136. The van der Waals surface area contributed by atoms with Crippen molar-refractivity contribution >= 4 is 21.5 Å². The Hall–Kier alpha value is -2.76. The van der Waals surface area contributed by atoms with Crippen molar-refractivity contribution in [2.45, 2.75) is 24.4 Å². The number of benzene rings is 4. The number of hydrogen-bond donors (Lipinski definition) is 2. The van der Waals surface area contributed by atoms with E-state index in [0.29, 0.717) is 13.2 Å². The molecule has 30 heavy (non-hydrogen) atoms. The van der Waals surface area contributed by atoms with E-state index < -0.39 is 12.2 Å². The molecule has 4 aromatic carbocycles. The molecule has 0 aliphatic carbocycles. The van der Waals surface area contributed by atoms with Gasteiger partial charge in [0.1, 0.15) is 24.4 Å². The van der Waals surface area contributed by atoms with Crippen LogP contribution in [0.3, 0.4) is 0 Å². The van der Waals surface area contributed by atoms with Crippen molar-refractivity contribution in [2.75, 3.05) is 13.2 Å². The Labute approximate surface area is 174 Å². The number of fused-ring (bicyclic) bond motifs is 2. The first-order chi connectivity index (χ1) is 14.7. The highest BCUT2D eigenvalue weighted by Gasteiger charge is 2.37. The van der Waals surface area contributed by atoms with E-state index in [4.69, 9.17) is 9.47 Å². The summed E-state index contributed by atoms with van der Waals surface area (Å²) in [5, 5.41) is 26.4. The highest BCUT2D eigenvalue weighted by atomic mass is 16.6. The van der Waals surface area contributed by atoms with Crippen LogP contribution in [0.4, 0.5) is 0 Å². The van der Waals surface area contributed by atoms with E-state index in [0.717, 1.165) is 43.8 Å². The van der Waals surface area contributed by atoms with Crippen molar-refractivity contribution in [3.63, 3.8) is 0 Å². The Morgan fingerprint density at radius 2 is 1.00 bits per heavy atom. The summed E-state index contributed by atoms with van der Waals surface area (Å²) >= 11 is 0. The molecule has 4 heteroatoms. The molecule has 0 spiro atoms. The SMILES string of the molecule is O[C@H](c1ccc2ccccc2c1-c1c([C@H](O)[C@@H]2CO2)ccc2ccccc12)[C@H]1CO1. The third-order valence-electron chi connectivity index (χ3n) is 6.23. The van der Waals surface area contributed by atoms with Crippen LogP contribution < -0.4 is 0 Å². The average molecular weight is 398 g/mol. The van der Waals surface area contributed by atoms with E-state index in [1.165, 1.54) is 0 Å². The lowest BCUT2D eigenvalue weighted by Crippen LogP contribution is -2.11. The average Bonchev–Trinajstić information content (AvgIpc) is 3.70. The second kappa shape index (κ2) is 6.89. The fourth-order valence-corrected chi connectivity index (χ4v) is 4.50. The van der Waals surface area contributed by atoms with Gasteiger partial charge >= 0.3 is 0 Å². The Morgan fingerprint density at radius 3 is 1.40 bits per heavy atom. The van der Waals surface area contributed by atoms with Crippen LogP contribution in [0, 0.1) is 0 Å². The van der Waals surface area contributed by atoms with E-state index in [2.05, 4.69) is 24.3 Å². The molecule has 2 aliphatic rings. The van der Waals surface area contributed by atoms with Gasteiger partial charge in [-0.25, -0.2) is 0 Å². The van der Waals surface area contributed by atoms with Crippen molar-refractivity contribution in [1.82, 2.24) is 0 Å². The van der Waals surface area contributed by atoms with Gasteiger partial charge in [-0.1, -0.05) is 72.8 Å². The van der Waals surface area contributed by atoms with Crippen LogP contribution in [0.15, 0.2) is 72.8 Å². The molecule has 6 rings (SSSR count). The summed E-state index contributed by atoms with van der Waals surface area (Å²) in [5.74, 6) is 0. The number of aliphatic hydroxyl groups excluding tert-OH is 2. The molecule has 0 amide bonds. The zero-order chi connectivity index (χ0) is 20.2. The predicted octanol–water partition coefficient (Wildman–Crippen LogP) is 4.52. The molecule has 0 bridgehead atoms. The van der Waals surface area contributed by atoms with Crippen LogP contribution in [0.1, 0.15) is 23.3 Å². The maximum atomic E-state index is 11.1. The summed E-state index contributed by atoms with van der Waals surface area (Å²) in [4.78, 5) is 0. The molecule has 0 aromatic heterocycles. The molecule has 4 nitrogen and oxygen atoms in total. The van der Waals surface area contributed by atoms with Crippen LogP contribution >= 0.6 is 0 Å². The zero-order valence-electron chi connectivity index (χ0n) is 16.4. The molecule has 2 aliphatic heterocycles. The highest BCUT2D eigenvalue weighted by molar-refractivity contribution is 6.08. The molecule has 0 saturated carbocycles. The van der Waals surface area contributed by atoms with E-state index in [9.17, 15) is 10.2 Å². The van der Waals surface area contributed by atoms with Crippen LogP contribution in [0.25, 0.3) is 32.7 Å². The first-order valence-corrected chi connectivity index (χ1v) is 10.4. The zero-order valence-corrected chi connectivity index (χ0v) is 16.4. The minimum absolute atomic E-state index is 0.181. The first kappa shape index (κ1) is 18.0. The largest absolute Gasteiger partial charge is 0.386 e. The van der Waals surface area contributed by atoms with Gasteiger partial charge in [-0.05, 0) is 43.8 Å². The maximum absolute atomic E-state index is 11.1. The third kappa shape index (κ3) is 2.92. The standard InChI is InChI=1S/C26H22O4/c27-25(21-13-29-21)19-11-9-15-5-1-3-7-17(15)23(19)24-18-8-4-2-6-16(18)10-12-20(24)26(28)22-14-30-22/h1-12,21-22,25-28H,13-14H2/t21-,22+,25-,26+.